The first kappa shape index (κ1) is 33.1. The zero-order valence-electron chi connectivity index (χ0n) is 23.3. The molecule has 8 nitrogen and oxygen atoms in total. The molecule has 0 fully saturated rings. The molecule has 2 aromatic carbocycles. The van der Waals surface area contributed by atoms with Crippen LogP contribution in [0.3, 0.4) is 0 Å². The third kappa shape index (κ3) is 12.8. The number of ether oxygens (including phenoxy) is 2. The minimum atomic E-state index is -0.656. The van der Waals surface area contributed by atoms with Crippen LogP contribution in [0.4, 0.5) is 0 Å². The molecule has 2 rings (SSSR count). The smallest absolute Gasteiger partial charge is 0.345 e. The molecule has 0 aliphatic heterocycles. The predicted octanol–water partition coefficient (Wildman–Crippen LogP) is 7.10. The standard InChI is InChI=1S/C30H39Cl2N3O5/c1-3-5-6-7-8-9-10-11-12-13-28(36)33-21-29(37)35-34-20-22-14-17-26(27(18-22)39-4-2)40-30(38)24-16-15-23(31)19-25(24)32/h14-20H,3-13,21H2,1-2H3,(H,33,36)(H,35,37)/b34-20-. The SMILES string of the molecule is CCCCCCCCCCCC(=O)NCC(=O)N/N=C\c1ccc(OC(=O)c2ccc(Cl)cc2Cl)c(OCC)c1. The number of unbranched alkanes of at least 4 members (excludes halogenated alkanes) is 8. The Kier molecular flexibility index (Phi) is 15.8. The zero-order chi connectivity index (χ0) is 29.2. The van der Waals surface area contributed by atoms with Crippen molar-refractivity contribution in [1.82, 2.24) is 10.7 Å². The van der Waals surface area contributed by atoms with Crippen molar-refractivity contribution in [2.75, 3.05) is 13.2 Å². The average Bonchev–Trinajstić information content (AvgIpc) is 2.92. The molecule has 2 amide bonds. The van der Waals surface area contributed by atoms with Gasteiger partial charge in [-0.25, -0.2) is 10.2 Å². The van der Waals surface area contributed by atoms with E-state index in [0.29, 0.717) is 29.4 Å². The Morgan fingerprint density at radius 3 is 2.23 bits per heavy atom. The quantitative estimate of drug-likeness (QED) is 0.0632. The van der Waals surface area contributed by atoms with Crippen LogP contribution in [0.25, 0.3) is 0 Å². The van der Waals surface area contributed by atoms with Gasteiger partial charge in [-0.3, -0.25) is 9.59 Å². The van der Waals surface area contributed by atoms with E-state index >= 15 is 0 Å². The molecule has 2 N–H and O–H groups in total. The number of benzene rings is 2. The van der Waals surface area contributed by atoms with Crippen LogP contribution in [-0.2, 0) is 9.59 Å². The van der Waals surface area contributed by atoms with Crippen molar-refractivity contribution >= 4 is 47.2 Å². The van der Waals surface area contributed by atoms with E-state index in [1.807, 2.05) is 0 Å². The minimum absolute atomic E-state index is 0.145. The number of hydrazone groups is 1. The highest BCUT2D eigenvalue weighted by Crippen LogP contribution is 2.30. The number of nitrogens with one attached hydrogen (secondary N) is 2. The van der Waals surface area contributed by atoms with Crippen LogP contribution in [0.15, 0.2) is 41.5 Å². The fraction of sp³-hybridized carbons (Fsp3) is 0.467. The van der Waals surface area contributed by atoms with E-state index in [9.17, 15) is 14.4 Å². The fourth-order valence-corrected chi connectivity index (χ4v) is 4.33. The molecule has 0 saturated heterocycles. The van der Waals surface area contributed by atoms with Crippen molar-refractivity contribution in [1.29, 1.82) is 0 Å². The predicted molar refractivity (Wildman–Crippen MR) is 160 cm³/mol. The summed E-state index contributed by atoms with van der Waals surface area (Å²) in [4.78, 5) is 36.6. The second kappa shape index (κ2) is 19.1. The van der Waals surface area contributed by atoms with Crippen molar-refractivity contribution in [2.45, 2.75) is 78.1 Å². The highest BCUT2D eigenvalue weighted by molar-refractivity contribution is 6.36. The summed E-state index contributed by atoms with van der Waals surface area (Å²) in [6.07, 6.45) is 12.5. The van der Waals surface area contributed by atoms with Gasteiger partial charge >= 0.3 is 5.97 Å². The Morgan fingerprint density at radius 2 is 1.55 bits per heavy atom. The largest absolute Gasteiger partial charge is 0.490 e. The van der Waals surface area contributed by atoms with Gasteiger partial charge in [0.25, 0.3) is 5.91 Å². The molecular formula is C30H39Cl2N3O5. The number of rotatable bonds is 18. The Hall–Kier alpha value is -3.10. The summed E-state index contributed by atoms with van der Waals surface area (Å²) >= 11 is 12.0. The molecular weight excluding hydrogens is 553 g/mol. The molecule has 40 heavy (non-hydrogen) atoms. The third-order valence-corrected chi connectivity index (χ3v) is 6.53. The van der Waals surface area contributed by atoms with E-state index < -0.39 is 11.9 Å². The zero-order valence-corrected chi connectivity index (χ0v) is 24.8. The van der Waals surface area contributed by atoms with Crippen molar-refractivity contribution in [3.8, 4) is 11.5 Å². The number of nitrogens with zero attached hydrogens (tertiary/aromatic N) is 1. The lowest BCUT2D eigenvalue weighted by Crippen LogP contribution is -2.34. The highest BCUT2D eigenvalue weighted by Gasteiger charge is 2.16. The molecule has 0 bridgehead atoms. The second-order valence-corrected chi connectivity index (χ2v) is 10.1. The topological polar surface area (TPSA) is 106 Å². The molecule has 0 atom stereocenters. The summed E-state index contributed by atoms with van der Waals surface area (Å²) in [6, 6.07) is 9.32. The monoisotopic (exact) mass is 591 g/mol. The number of carbonyl (C=O) groups is 3. The van der Waals surface area contributed by atoms with Crippen molar-refractivity contribution in [3.05, 3.63) is 57.6 Å². The molecule has 0 aliphatic rings. The maximum Gasteiger partial charge on any atom is 0.345 e. The first-order valence-corrected chi connectivity index (χ1v) is 14.6. The number of halogens is 2. The van der Waals surface area contributed by atoms with Gasteiger partial charge in [0.1, 0.15) is 0 Å². The lowest BCUT2D eigenvalue weighted by molar-refractivity contribution is -0.126. The van der Waals surface area contributed by atoms with E-state index in [4.69, 9.17) is 32.7 Å². The van der Waals surface area contributed by atoms with Gasteiger partial charge in [0.2, 0.25) is 5.91 Å². The molecule has 0 spiro atoms. The number of amides is 2. The minimum Gasteiger partial charge on any atom is -0.490 e. The van der Waals surface area contributed by atoms with Gasteiger partial charge in [0, 0.05) is 11.4 Å². The lowest BCUT2D eigenvalue weighted by atomic mass is 10.1. The van der Waals surface area contributed by atoms with Gasteiger partial charge in [0.05, 0.1) is 30.0 Å². The highest BCUT2D eigenvalue weighted by atomic mass is 35.5. The number of esters is 1. The molecule has 10 heteroatoms. The van der Waals surface area contributed by atoms with Gasteiger partial charge in [-0.05, 0) is 55.3 Å². The van der Waals surface area contributed by atoms with E-state index in [1.165, 1.54) is 56.9 Å². The van der Waals surface area contributed by atoms with E-state index in [0.717, 1.165) is 19.3 Å². The van der Waals surface area contributed by atoms with E-state index in [2.05, 4.69) is 22.8 Å². The summed E-state index contributed by atoms with van der Waals surface area (Å²) in [5, 5.41) is 7.13. The molecule has 218 valence electrons. The lowest BCUT2D eigenvalue weighted by Gasteiger charge is -2.12. The maximum absolute atomic E-state index is 12.6. The number of hydrogen-bond acceptors (Lipinski definition) is 6. The van der Waals surface area contributed by atoms with Crippen LogP contribution in [0.2, 0.25) is 10.0 Å². The van der Waals surface area contributed by atoms with Gasteiger partial charge in [-0.15, -0.1) is 0 Å². The second-order valence-electron chi connectivity index (χ2n) is 9.30. The van der Waals surface area contributed by atoms with Crippen LogP contribution in [0.1, 0.15) is 94.0 Å². The molecule has 0 unspecified atom stereocenters. The first-order chi connectivity index (χ1) is 19.3. The van der Waals surface area contributed by atoms with Crippen molar-refractivity contribution in [3.63, 3.8) is 0 Å². The summed E-state index contributed by atoms with van der Waals surface area (Å²) in [7, 11) is 0. The summed E-state index contributed by atoms with van der Waals surface area (Å²) in [5.41, 5.74) is 3.15. The van der Waals surface area contributed by atoms with E-state index in [-0.39, 0.29) is 28.8 Å². The first-order valence-electron chi connectivity index (χ1n) is 13.9. The molecule has 0 aromatic heterocycles. The molecule has 0 aliphatic carbocycles. The van der Waals surface area contributed by atoms with Crippen LogP contribution >= 0.6 is 23.2 Å². The number of hydrogen-bond donors (Lipinski definition) is 2. The summed E-state index contributed by atoms with van der Waals surface area (Å²) in [6.45, 7) is 4.19. The Labute approximate surface area is 246 Å². The van der Waals surface area contributed by atoms with Gasteiger partial charge in [-0.2, -0.15) is 5.10 Å². The van der Waals surface area contributed by atoms with Gasteiger partial charge in [-0.1, -0.05) is 81.5 Å². The van der Waals surface area contributed by atoms with Crippen molar-refractivity contribution < 1.29 is 23.9 Å². The van der Waals surface area contributed by atoms with Crippen LogP contribution in [0, 0.1) is 0 Å². The van der Waals surface area contributed by atoms with Crippen LogP contribution in [0.5, 0.6) is 11.5 Å². The van der Waals surface area contributed by atoms with E-state index in [1.54, 1.807) is 31.2 Å². The van der Waals surface area contributed by atoms with Crippen molar-refractivity contribution in [2.24, 2.45) is 5.10 Å². The van der Waals surface area contributed by atoms with Crippen LogP contribution in [-0.4, -0.2) is 37.1 Å². The van der Waals surface area contributed by atoms with Gasteiger partial charge < -0.3 is 14.8 Å². The molecule has 0 heterocycles. The average molecular weight is 593 g/mol. The summed E-state index contributed by atoms with van der Waals surface area (Å²) in [5.74, 6) is -0.717. The normalized spacial score (nSPS) is 10.9. The number of carbonyl (C=O) groups excluding carboxylic acids is 3. The molecule has 0 radical (unpaired) electrons. The third-order valence-electron chi connectivity index (χ3n) is 5.98. The fourth-order valence-electron chi connectivity index (χ4n) is 3.85. The van der Waals surface area contributed by atoms with Gasteiger partial charge in [0.15, 0.2) is 11.5 Å². The molecule has 0 saturated carbocycles. The maximum atomic E-state index is 12.6. The Morgan fingerprint density at radius 1 is 0.850 bits per heavy atom. The Balaban J connectivity index is 1.75. The molecule has 2 aromatic rings. The van der Waals surface area contributed by atoms with Crippen LogP contribution < -0.4 is 20.2 Å². The summed E-state index contributed by atoms with van der Waals surface area (Å²) < 4.78 is 11.1. The Bertz CT molecular complexity index is 1140.